The van der Waals surface area contributed by atoms with Crippen molar-refractivity contribution in [2.45, 2.75) is 64.0 Å². The van der Waals surface area contributed by atoms with Crippen LogP contribution in [0.4, 0.5) is 0 Å². The van der Waals surface area contributed by atoms with Gasteiger partial charge in [0, 0.05) is 6.04 Å². The lowest BCUT2D eigenvalue weighted by Gasteiger charge is -2.22. The highest BCUT2D eigenvalue weighted by atomic mass is 16.5. The molecule has 0 amide bonds. The summed E-state index contributed by atoms with van der Waals surface area (Å²) in [6.45, 7) is 3.19. The summed E-state index contributed by atoms with van der Waals surface area (Å²) in [4.78, 5) is 0. The Morgan fingerprint density at radius 3 is 2.90 bits per heavy atom. The first-order valence-corrected chi connectivity index (χ1v) is 8.53. The van der Waals surface area contributed by atoms with E-state index in [2.05, 4.69) is 42.6 Å². The van der Waals surface area contributed by atoms with Gasteiger partial charge in [-0.15, -0.1) is 0 Å². The summed E-state index contributed by atoms with van der Waals surface area (Å²) in [7, 11) is 0. The largest absolute Gasteiger partial charge is 0.490 e. The highest BCUT2D eigenvalue weighted by Crippen LogP contribution is 2.31. The number of rotatable bonds is 7. The Morgan fingerprint density at radius 2 is 2.19 bits per heavy atom. The molecule has 1 unspecified atom stereocenters. The van der Waals surface area contributed by atoms with Crippen LogP contribution in [-0.4, -0.2) is 12.6 Å². The molecule has 0 heterocycles. The van der Waals surface area contributed by atoms with Gasteiger partial charge in [0.15, 0.2) is 0 Å². The SMILES string of the molecule is CCNC(CC1=CCCCC1)c1cccc(OC2CC2)c1. The minimum absolute atomic E-state index is 0.419. The van der Waals surface area contributed by atoms with Crippen LogP contribution in [0, 0.1) is 0 Å². The zero-order valence-corrected chi connectivity index (χ0v) is 13.1. The molecule has 1 N–H and O–H groups in total. The minimum atomic E-state index is 0.419. The molecule has 1 fully saturated rings. The Balaban J connectivity index is 1.70. The van der Waals surface area contributed by atoms with Gasteiger partial charge in [0.2, 0.25) is 0 Å². The Labute approximate surface area is 128 Å². The zero-order valence-electron chi connectivity index (χ0n) is 13.1. The van der Waals surface area contributed by atoms with Crippen molar-refractivity contribution in [1.29, 1.82) is 0 Å². The molecule has 2 aliphatic carbocycles. The Bertz CT molecular complexity index is 490. The Hall–Kier alpha value is -1.28. The van der Waals surface area contributed by atoms with Crippen molar-refractivity contribution in [3.63, 3.8) is 0 Å². The molecule has 0 saturated heterocycles. The quantitative estimate of drug-likeness (QED) is 0.729. The van der Waals surface area contributed by atoms with E-state index in [4.69, 9.17) is 4.74 Å². The molecule has 21 heavy (non-hydrogen) atoms. The van der Waals surface area contributed by atoms with Gasteiger partial charge in [-0.25, -0.2) is 0 Å². The molecule has 1 aromatic carbocycles. The van der Waals surface area contributed by atoms with Gasteiger partial charge >= 0.3 is 0 Å². The predicted molar refractivity (Wildman–Crippen MR) is 87.7 cm³/mol. The molecule has 0 aliphatic heterocycles. The topological polar surface area (TPSA) is 21.3 Å². The van der Waals surface area contributed by atoms with Crippen LogP contribution in [-0.2, 0) is 0 Å². The van der Waals surface area contributed by atoms with Gasteiger partial charge in [-0.2, -0.15) is 0 Å². The second-order valence-corrected chi connectivity index (χ2v) is 6.31. The fourth-order valence-corrected chi connectivity index (χ4v) is 3.09. The maximum absolute atomic E-state index is 5.94. The van der Waals surface area contributed by atoms with Crippen molar-refractivity contribution < 1.29 is 4.74 Å². The van der Waals surface area contributed by atoms with Crippen LogP contribution in [0.25, 0.3) is 0 Å². The summed E-state index contributed by atoms with van der Waals surface area (Å²) < 4.78 is 5.94. The Kier molecular flexibility index (Phi) is 4.97. The standard InChI is InChI=1S/C19H27NO/c1-2-20-19(13-15-7-4-3-5-8-15)16-9-6-10-18(14-16)21-17-11-12-17/h6-7,9-10,14,17,19-20H,2-5,8,11-13H2,1H3. The van der Waals surface area contributed by atoms with E-state index in [1.165, 1.54) is 44.1 Å². The van der Waals surface area contributed by atoms with Crippen LogP contribution >= 0.6 is 0 Å². The van der Waals surface area contributed by atoms with Crippen LogP contribution in [0.15, 0.2) is 35.9 Å². The summed E-state index contributed by atoms with van der Waals surface area (Å²) in [6, 6.07) is 9.10. The highest BCUT2D eigenvalue weighted by molar-refractivity contribution is 5.32. The van der Waals surface area contributed by atoms with E-state index >= 15 is 0 Å². The van der Waals surface area contributed by atoms with E-state index in [9.17, 15) is 0 Å². The Morgan fingerprint density at radius 1 is 1.29 bits per heavy atom. The van der Waals surface area contributed by atoms with Crippen LogP contribution in [0.2, 0.25) is 0 Å². The van der Waals surface area contributed by atoms with Crippen molar-refractivity contribution in [3.8, 4) is 5.75 Å². The molecule has 2 aliphatic rings. The maximum atomic E-state index is 5.94. The molecule has 0 aromatic heterocycles. The van der Waals surface area contributed by atoms with Gasteiger partial charge in [0.1, 0.15) is 5.75 Å². The van der Waals surface area contributed by atoms with Gasteiger partial charge in [0.25, 0.3) is 0 Å². The molecule has 0 radical (unpaired) electrons. The average Bonchev–Trinajstić information content (AvgIpc) is 3.32. The van der Waals surface area contributed by atoms with Gasteiger partial charge in [-0.3, -0.25) is 0 Å². The summed E-state index contributed by atoms with van der Waals surface area (Å²) in [5.41, 5.74) is 2.99. The third-order valence-corrected chi connectivity index (χ3v) is 4.39. The smallest absolute Gasteiger partial charge is 0.120 e. The van der Waals surface area contributed by atoms with Crippen LogP contribution in [0.3, 0.4) is 0 Å². The first-order chi connectivity index (χ1) is 10.3. The summed E-state index contributed by atoms with van der Waals surface area (Å²) in [6.07, 6.45) is 11.8. The monoisotopic (exact) mass is 285 g/mol. The third kappa shape index (κ3) is 4.34. The number of hydrogen-bond acceptors (Lipinski definition) is 2. The lowest BCUT2D eigenvalue weighted by molar-refractivity contribution is 0.302. The molecule has 0 bridgehead atoms. The normalized spacial score (nSPS) is 20.0. The van der Waals surface area contributed by atoms with E-state index in [1.807, 2.05) is 0 Å². The van der Waals surface area contributed by atoms with E-state index in [0.717, 1.165) is 18.7 Å². The van der Waals surface area contributed by atoms with Gasteiger partial charge in [-0.05, 0) is 69.2 Å². The maximum Gasteiger partial charge on any atom is 0.120 e. The van der Waals surface area contributed by atoms with Crippen molar-refractivity contribution in [2.24, 2.45) is 0 Å². The van der Waals surface area contributed by atoms with Crippen molar-refractivity contribution in [2.75, 3.05) is 6.54 Å². The molecular formula is C19H27NO. The molecule has 2 heteroatoms. The van der Waals surface area contributed by atoms with Crippen LogP contribution in [0.1, 0.15) is 63.5 Å². The van der Waals surface area contributed by atoms with Gasteiger partial charge in [-0.1, -0.05) is 30.7 Å². The number of benzene rings is 1. The molecule has 1 aromatic rings. The molecular weight excluding hydrogens is 258 g/mol. The number of hydrogen-bond donors (Lipinski definition) is 1. The third-order valence-electron chi connectivity index (χ3n) is 4.39. The summed E-state index contributed by atoms with van der Waals surface area (Å²) in [5, 5.41) is 3.65. The fourth-order valence-electron chi connectivity index (χ4n) is 3.09. The minimum Gasteiger partial charge on any atom is -0.490 e. The van der Waals surface area contributed by atoms with Crippen LogP contribution < -0.4 is 10.1 Å². The first-order valence-electron chi connectivity index (χ1n) is 8.53. The summed E-state index contributed by atoms with van der Waals surface area (Å²) >= 11 is 0. The number of allylic oxidation sites excluding steroid dienone is 1. The van der Waals surface area contributed by atoms with E-state index in [-0.39, 0.29) is 0 Å². The first kappa shape index (κ1) is 14.6. The van der Waals surface area contributed by atoms with Crippen molar-refractivity contribution in [3.05, 3.63) is 41.5 Å². The summed E-state index contributed by atoms with van der Waals surface area (Å²) in [5.74, 6) is 1.04. The van der Waals surface area contributed by atoms with Crippen molar-refractivity contribution in [1.82, 2.24) is 5.32 Å². The average molecular weight is 285 g/mol. The molecule has 1 saturated carbocycles. The lowest BCUT2D eigenvalue weighted by atomic mass is 9.91. The van der Waals surface area contributed by atoms with E-state index < -0.39 is 0 Å². The van der Waals surface area contributed by atoms with Gasteiger partial charge < -0.3 is 10.1 Å². The molecule has 1 atom stereocenters. The zero-order chi connectivity index (χ0) is 14.5. The fraction of sp³-hybridized carbons (Fsp3) is 0.579. The van der Waals surface area contributed by atoms with Crippen LogP contribution in [0.5, 0.6) is 5.75 Å². The predicted octanol–water partition coefficient (Wildman–Crippen LogP) is 4.77. The molecule has 3 rings (SSSR count). The van der Waals surface area contributed by atoms with Crippen molar-refractivity contribution >= 4 is 0 Å². The van der Waals surface area contributed by atoms with Gasteiger partial charge in [0.05, 0.1) is 6.10 Å². The lowest BCUT2D eigenvalue weighted by Crippen LogP contribution is -2.21. The van der Waals surface area contributed by atoms with E-state index in [1.54, 1.807) is 5.57 Å². The number of nitrogens with one attached hydrogen (secondary N) is 1. The second kappa shape index (κ2) is 7.13. The second-order valence-electron chi connectivity index (χ2n) is 6.31. The highest BCUT2D eigenvalue weighted by Gasteiger charge is 2.24. The van der Waals surface area contributed by atoms with E-state index in [0.29, 0.717) is 12.1 Å². The molecule has 0 spiro atoms. The number of ether oxygens (including phenoxy) is 1. The molecule has 114 valence electrons. The molecule has 2 nitrogen and oxygen atoms in total.